The van der Waals surface area contributed by atoms with Gasteiger partial charge in [-0.15, -0.1) is 0 Å². The third-order valence-corrected chi connectivity index (χ3v) is 7.16. The van der Waals surface area contributed by atoms with Crippen LogP contribution in [-0.4, -0.2) is 91.0 Å². The molecule has 1 aromatic carbocycles. The Kier molecular flexibility index (Phi) is 9.39. The highest BCUT2D eigenvalue weighted by Crippen LogP contribution is 2.30. The number of nitrogens with one attached hydrogen (secondary N) is 1. The van der Waals surface area contributed by atoms with Gasteiger partial charge in [-0.2, -0.15) is 0 Å². The van der Waals surface area contributed by atoms with Gasteiger partial charge in [-0.25, -0.2) is 0 Å². The molecule has 1 saturated heterocycles. The summed E-state index contributed by atoms with van der Waals surface area (Å²) in [5.74, 6) is 0.965. The van der Waals surface area contributed by atoms with Crippen molar-refractivity contribution in [3.8, 4) is 0 Å². The predicted molar refractivity (Wildman–Crippen MR) is 140 cm³/mol. The maximum atomic E-state index is 12.3. The van der Waals surface area contributed by atoms with Gasteiger partial charge in [0.1, 0.15) is 0 Å². The first kappa shape index (κ1) is 25.2. The Balaban J connectivity index is 1.11. The molecule has 0 unspecified atom stereocenters. The Hall–Kier alpha value is -1.93. The summed E-state index contributed by atoms with van der Waals surface area (Å²) in [5.41, 5.74) is 7.64. The molecule has 0 spiro atoms. The molecule has 1 aromatic heterocycles. The van der Waals surface area contributed by atoms with Crippen molar-refractivity contribution >= 4 is 34.1 Å². The smallest absolute Gasteiger partial charge is 0.223 e. The lowest BCUT2D eigenvalue weighted by Crippen LogP contribution is -2.47. The fraction of sp³-hybridized carbons (Fsp3) is 0.615. The summed E-state index contributed by atoms with van der Waals surface area (Å²) in [6.07, 6.45) is 7.02. The van der Waals surface area contributed by atoms with E-state index in [1.165, 1.54) is 12.8 Å². The van der Waals surface area contributed by atoms with Gasteiger partial charge in [0.15, 0.2) is 0 Å². The third kappa shape index (κ3) is 7.54. The van der Waals surface area contributed by atoms with Crippen molar-refractivity contribution < 1.29 is 4.79 Å². The zero-order valence-electron chi connectivity index (χ0n) is 20.2. The van der Waals surface area contributed by atoms with Gasteiger partial charge in [0, 0.05) is 81.1 Å². The quantitative estimate of drug-likeness (QED) is 0.423. The topological polar surface area (TPSA) is 77.7 Å². The van der Waals surface area contributed by atoms with Crippen LogP contribution < -0.4 is 11.1 Å². The minimum absolute atomic E-state index is 0.233. The molecule has 186 valence electrons. The Morgan fingerprint density at radius 2 is 1.85 bits per heavy atom. The molecular formula is C26H39ClN6O. The van der Waals surface area contributed by atoms with Crippen LogP contribution in [0.1, 0.15) is 32.1 Å². The number of benzene rings is 1. The van der Waals surface area contributed by atoms with E-state index in [-0.39, 0.29) is 5.91 Å². The maximum Gasteiger partial charge on any atom is 0.223 e. The van der Waals surface area contributed by atoms with Crippen LogP contribution in [0.3, 0.4) is 0 Å². The molecule has 8 heteroatoms. The fourth-order valence-electron chi connectivity index (χ4n) is 4.73. The molecule has 0 atom stereocenters. The molecule has 1 amide bonds. The number of rotatable bonds is 13. The zero-order valence-corrected chi connectivity index (χ0v) is 21.0. The molecule has 2 heterocycles. The summed E-state index contributed by atoms with van der Waals surface area (Å²) in [7, 11) is 0. The lowest BCUT2D eigenvalue weighted by molar-refractivity contribution is -0.131. The number of hydrogen-bond acceptors (Lipinski definition) is 6. The number of amides is 1. The van der Waals surface area contributed by atoms with Crippen LogP contribution in [0, 0.1) is 5.92 Å². The van der Waals surface area contributed by atoms with Gasteiger partial charge in [-0.05, 0) is 69.0 Å². The maximum absolute atomic E-state index is 12.3. The number of pyridine rings is 1. The highest BCUT2D eigenvalue weighted by Gasteiger charge is 2.26. The summed E-state index contributed by atoms with van der Waals surface area (Å²) in [6.45, 7) is 9.85. The van der Waals surface area contributed by atoms with Gasteiger partial charge in [0.25, 0.3) is 0 Å². The number of aromatic nitrogens is 1. The van der Waals surface area contributed by atoms with Gasteiger partial charge in [-0.1, -0.05) is 11.6 Å². The predicted octanol–water partition coefficient (Wildman–Crippen LogP) is 3.29. The van der Waals surface area contributed by atoms with Crippen molar-refractivity contribution in [2.45, 2.75) is 32.1 Å². The van der Waals surface area contributed by atoms with E-state index >= 15 is 0 Å². The van der Waals surface area contributed by atoms with Crippen molar-refractivity contribution in [1.82, 2.24) is 19.7 Å². The number of piperazine rings is 1. The molecule has 1 saturated carbocycles. The largest absolute Gasteiger partial charge is 0.384 e. The molecule has 34 heavy (non-hydrogen) atoms. The van der Waals surface area contributed by atoms with Crippen molar-refractivity contribution in [2.24, 2.45) is 11.7 Å². The van der Waals surface area contributed by atoms with Crippen LogP contribution in [-0.2, 0) is 4.79 Å². The summed E-state index contributed by atoms with van der Waals surface area (Å²) in [6, 6.07) is 7.89. The number of carbonyl (C=O) groups is 1. The highest BCUT2D eigenvalue weighted by molar-refractivity contribution is 6.31. The Morgan fingerprint density at radius 3 is 2.56 bits per heavy atom. The molecule has 2 aliphatic rings. The van der Waals surface area contributed by atoms with Gasteiger partial charge in [0.05, 0.1) is 5.52 Å². The second-order valence-electron chi connectivity index (χ2n) is 9.66. The first-order chi connectivity index (χ1) is 16.6. The minimum atomic E-state index is 0.233. The number of nitrogens with zero attached hydrogens (tertiary/aromatic N) is 4. The normalized spacial score (nSPS) is 17.2. The highest BCUT2D eigenvalue weighted by atomic mass is 35.5. The molecule has 1 aliphatic carbocycles. The third-order valence-electron chi connectivity index (χ3n) is 6.93. The summed E-state index contributed by atoms with van der Waals surface area (Å²) >= 11 is 6.09. The summed E-state index contributed by atoms with van der Waals surface area (Å²) < 4.78 is 0. The van der Waals surface area contributed by atoms with Gasteiger partial charge in [0.2, 0.25) is 5.91 Å². The van der Waals surface area contributed by atoms with Crippen molar-refractivity contribution in [1.29, 1.82) is 0 Å². The first-order valence-electron chi connectivity index (χ1n) is 12.8. The van der Waals surface area contributed by atoms with E-state index in [9.17, 15) is 4.79 Å². The van der Waals surface area contributed by atoms with E-state index in [1.54, 1.807) is 0 Å². The van der Waals surface area contributed by atoms with Crippen LogP contribution in [0.5, 0.6) is 0 Å². The van der Waals surface area contributed by atoms with E-state index in [0.717, 1.165) is 94.3 Å². The summed E-state index contributed by atoms with van der Waals surface area (Å²) in [5, 5.41) is 5.40. The van der Waals surface area contributed by atoms with E-state index < -0.39 is 0 Å². The average molecular weight is 487 g/mol. The van der Waals surface area contributed by atoms with Crippen LogP contribution >= 0.6 is 11.6 Å². The number of anilines is 1. The van der Waals surface area contributed by atoms with Crippen LogP contribution in [0.15, 0.2) is 30.5 Å². The van der Waals surface area contributed by atoms with E-state index in [4.69, 9.17) is 17.3 Å². The molecule has 2 aromatic rings. The second-order valence-corrected chi connectivity index (χ2v) is 10.1. The van der Waals surface area contributed by atoms with Gasteiger partial charge >= 0.3 is 0 Å². The number of carbonyl (C=O) groups excluding carboxylic acids is 1. The molecule has 3 N–H and O–H groups in total. The van der Waals surface area contributed by atoms with E-state index in [0.29, 0.717) is 18.0 Å². The number of hydrogen-bond donors (Lipinski definition) is 2. The molecule has 4 rings (SSSR count). The standard InChI is InChI=1S/C26H39ClN6O/c27-22-5-6-23-24(8-11-30-25(23)19-22)29-10-1-12-31-15-17-32(18-16-31)13-2-14-33(20-21-3-4-21)26(34)7-9-28/h5-6,8,11,19,21H,1-4,7,9-10,12-18,20,28H2,(H,29,30). The molecule has 0 bridgehead atoms. The Morgan fingerprint density at radius 1 is 1.12 bits per heavy atom. The minimum Gasteiger partial charge on any atom is -0.384 e. The Bertz CT molecular complexity index is 929. The number of nitrogens with two attached hydrogens (primary N) is 1. The first-order valence-corrected chi connectivity index (χ1v) is 13.2. The van der Waals surface area contributed by atoms with Gasteiger partial charge in [-0.3, -0.25) is 9.78 Å². The molecule has 1 aliphatic heterocycles. The molecule has 0 radical (unpaired) electrons. The van der Waals surface area contributed by atoms with E-state index in [1.807, 2.05) is 30.5 Å². The lowest BCUT2D eigenvalue weighted by atomic mass is 10.2. The molecule has 2 fully saturated rings. The van der Waals surface area contributed by atoms with Crippen molar-refractivity contribution in [3.05, 3.63) is 35.5 Å². The van der Waals surface area contributed by atoms with Crippen LogP contribution in [0.4, 0.5) is 5.69 Å². The number of fused-ring (bicyclic) bond motifs is 1. The van der Waals surface area contributed by atoms with E-state index in [2.05, 4.69) is 25.0 Å². The lowest BCUT2D eigenvalue weighted by Gasteiger charge is -2.35. The van der Waals surface area contributed by atoms with Crippen LogP contribution in [0.25, 0.3) is 10.9 Å². The Labute approximate surface area is 208 Å². The summed E-state index contributed by atoms with van der Waals surface area (Å²) in [4.78, 5) is 23.9. The van der Waals surface area contributed by atoms with Crippen LogP contribution in [0.2, 0.25) is 5.02 Å². The van der Waals surface area contributed by atoms with Crippen molar-refractivity contribution in [3.63, 3.8) is 0 Å². The number of halogens is 1. The molecule has 7 nitrogen and oxygen atoms in total. The average Bonchev–Trinajstić information content (AvgIpc) is 3.66. The van der Waals surface area contributed by atoms with Crippen molar-refractivity contribution in [2.75, 3.05) is 70.8 Å². The zero-order chi connectivity index (χ0) is 23.8. The monoisotopic (exact) mass is 486 g/mol. The molecular weight excluding hydrogens is 448 g/mol. The van der Waals surface area contributed by atoms with Gasteiger partial charge < -0.3 is 25.8 Å². The SMILES string of the molecule is NCCC(=O)N(CCCN1CCN(CCCNc2ccnc3cc(Cl)ccc23)CC1)CC1CC1. The fourth-order valence-corrected chi connectivity index (χ4v) is 4.90. The second kappa shape index (κ2) is 12.7.